The summed E-state index contributed by atoms with van der Waals surface area (Å²) in [4.78, 5) is 0. The van der Waals surface area contributed by atoms with Gasteiger partial charge < -0.3 is 0 Å². The van der Waals surface area contributed by atoms with Crippen molar-refractivity contribution in [3.05, 3.63) is 120 Å². The van der Waals surface area contributed by atoms with Gasteiger partial charge in [0, 0.05) is 5.92 Å². The van der Waals surface area contributed by atoms with Crippen molar-refractivity contribution in [2.45, 2.75) is 18.8 Å². The largest absolute Gasteiger partial charge is 0.0622 e. The summed E-state index contributed by atoms with van der Waals surface area (Å²) in [5.41, 5.74) is 4.15. The van der Waals surface area contributed by atoms with Crippen molar-refractivity contribution in [1.29, 1.82) is 0 Å². The van der Waals surface area contributed by atoms with Crippen LogP contribution in [0.15, 0.2) is 103 Å². The average Bonchev–Trinajstić information content (AvgIpc) is 2.69. The Balaban J connectivity index is 1.87. The van der Waals surface area contributed by atoms with Gasteiger partial charge in [0.15, 0.2) is 0 Å². The van der Waals surface area contributed by atoms with E-state index in [-0.39, 0.29) is 0 Å². The summed E-state index contributed by atoms with van der Waals surface area (Å²) in [6, 6.07) is 37.1. The standard InChI is InChI=1S/C25H22/c1-19(23-18-10-16-20-11-8-9-17-24(20)23)25(21-12-4-2-5-13-21)22-14-6-3-7-15-22/h2-19,25H,1H3/t19-/m1/s1. The zero-order valence-electron chi connectivity index (χ0n) is 14.5. The molecule has 0 saturated carbocycles. The van der Waals surface area contributed by atoms with Crippen molar-refractivity contribution < 1.29 is 0 Å². The van der Waals surface area contributed by atoms with Crippen LogP contribution < -0.4 is 0 Å². The second-order valence-electron chi connectivity index (χ2n) is 6.66. The van der Waals surface area contributed by atoms with E-state index >= 15 is 0 Å². The number of rotatable bonds is 4. The molecule has 0 aliphatic heterocycles. The summed E-state index contributed by atoms with van der Waals surface area (Å²) in [5.74, 6) is 0.726. The fraction of sp³-hybridized carbons (Fsp3) is 0.120. The van der Waals surface area contributed by atoms with Gasteiger partial charge in [-0.2, -0.15) is 0 Å². The summed E-state index contributed by atoms with van der Waals surface area (Å²) in [7, 11) is 0. The molecular weight excluding hydrogens is 300 g/mol. The fourth-order valence-electron chi connectivity index (χ4n) is 3.92. The van der Waals surface area contributed by atoms with Crippen LogP contribution in [-0.4, -0.2) is 0 Å². The fourth-order valence-corrected chi connectivity index (χ4v) is 3.92. The van der Waals surface area contributed by atoms with Gasteiger partial charge in [-0.3, -0.25) is 0 Å². The second-order valence-corrected chi connectivity index (χ2v) is 6.66. The Bertz CT molecular complexity index is 910. The maximum atomic E-state index is 2.35. The van der Waals surface area contributed by atoms with Gasteiger partial charge in [0.2, 0.25) is 0 Å². The molecule has 0 spiro atoms. The lowest BCUT2D eigenvalue weighted by atomic mass is 9.77. The van der Waals surface area contributed by atoms with Gasteiger partial charge in [-0.15, -0.1) is 0 Å². The van der Waals surface area contributed by atoms with Crippen molar-refractivity contribution in [2.24, 2.45) is 0 Å². The quantitative estimate of drug-likeness (QED) is 0.388. The first-order valence-corrected chi connectivity index (χ1v) is 8.92. The van der Waals surface area contributed by atoms with E-state index in [1.807, 2.05) is 0 Å². The lowest BCUT2D eigenvalue weighted by Crippen LogP contribution is -2.10. The van der Waals surface area contributed by atoms with Crippen LogP contribution in [0.3, 0.4) is 0 Å². The van der Waals surface area contributed by atoms with E-state index in [1.54, 1.807) is 0 Å². The molecule has 0 amide bonds. The van der Waals surface area contributed by atoms with Crippen LogP contribution in [0.25, 0.3) is 10.8 Å². The molecule has 4 aromatic carbocycles. The summed E-state index contributed by atoms with van der Waals surface area (Å²) < 4.78 is 0. The average molecular weight is 322 g/mol. The van der Waals surface area contributed by atoms with E-state index in [4.69, 9.17) is 0 Å². The minimum absolute atomic E-state index is 0.341. The highest BCUT2D eigenvalue weighted by molar-refractivity contribution is 5.86. The molecule has 1 atom stereocenters. The maximum absolute atomic E-state index is 2.35. The lowest BCUT2D eigenvalue weighted by molar-refractivity contribution is 0.662. The third-order valence-corrected chi connectivity index (χ3v) is 5.13. The third kappa shape index (κ3) is 3.08. The van der Waals surface area contributed by atoms with Gasteiger partial charge in [0.05, 0.1) is 0 Å². The molecule has 0 nitrogen and oxygen atoms in total. The van der Waals surface area contributed by atoms with Crippen LogP contribution in [0.2, 0.25) is 0 Å². The lowest BCUT2D eigenvalue weighted by Gasteiger charge is -2.26. The molecule has 0 unspecified atom stereocenters. The SMILES string of the molecule is C[C@H](c1cccc2ccccc12)C(c1ccccc1)c1ccccc1. The molecule has 0 aliphatic rings. The zero-order valence-corrected chi connectivity index (χ0v) is 14.5. The predicted molar refractivity (Wildman–Crippen MR) is 107 cm³/mol. The molecule has 0 bridgehead atoms. The van der Waals surface area contributed by atoms with E-state index in [9.17, 15) is 0 Å². The van der Waals surface area contributed by atoms with Gasteiger partial charge in [-0.1, -0.05) is 110 Å². The minimum Gasteiger partial charge on any atom is -0.0622 e. The molecule has 0 radical (unpaired) electrons. The summed E-state index contributed by atoms with van der Waals surface area (Å²) in [6.07, 6.45) is 0. The molecule has 0 aromatic heterocycles. The first-order valence-electron chi connectivity index (χ1n) is 8.92. The minimum atomic E-state index is 0.341. The molecule has 0 aliphatic carbocycles. The van der Waals surface area contributed by atoms with Gasteiger partial charge >= 0.3 is 0 Å². The van der Waals surface area contributed by atoms with Gasteiger partial charge in [-0.05, 0) is 33.4 Å². The smallest absolute Gasteiger partial charge is 0.0156 e. The third-order valence-electron chi connectivity index (χ3n) is 5.13. The van der Waals surface area contributed by atoms with Gasteiger partial charge in [0.25, 0.3) is 0 Å². The van der Waals surface area contributed by atoms with Crippen LogP contribution in [0.4, 0.5) is 0 Å². The number of hydrogen-bond donors (Lipinski definition) is 0. The zero-order chi connectivity index (χ0) is 17.1. The highest BCUT2D eigenvalue weighted by Crippen LogP contribution is 2.40. The van der Waals surface area contributed by atoms with Gasteiger partial charge in [-0.25, -0.2) is 0 Å². The highest BCUT2D eigenvalue weighted by Gasteiger charge is 2.23. The normalized spacial score (nSPS) is 12.4. The molecule has 0 heteroatoms. The summed E-state index contributed by atoms with van der Waals surface area (Å²) in [5, 5.41) is 2.67. The maximum Gasteiger partial charge on any atom is 0.0156 e. The summed E-state index contributed by atoms with van der Waals surface area (Å²) in [6.45, 7) is 2.35. The Labute approximate surface area is 149 Å². The Hall–Kier alpha value is -2.86. The molecule has 122 valence electrons. The Morgan fingerprint density at radius 2 is 1.04 bits per heavy atom. The van der Waals surface area contributed by atoms with E-state index in [1.165, 1.54) is 27.5 Å². The van der Waals surface area contributed by atoms with Crippen LogP contribution in [0.1, 0.15) is 35.4 Å². The summed E-state index contributed by atoms with van der Waals surface area (Å²) >= 11 is 0. The highest BCUT2D eigenvalue weighted by atomic mass is 14.3. The first-order chi connectivity index (χ1) is 12.3. The number of benzene rings is 4. The van der Waals surface area contributed by atoms with Crippen molar-refractivity contribution in [2.75, 3.05) is 0 Å². The molecular formula is C25H22. The van der Waals surface area contributed by atoms with Crippen molar-refractivity contribution in [3.63, 3.8) is 0 Å². The second kappa shape index (κ2) is 6.94. The van der Waals surface area contributed by atoms with E-state index in [2.05, 4.69) is 110 Å². The van der Waals surface area contributed by atoms with Crippen molar-refractivity contribution >= 4 is 10.8 Å². The Kier molecular flexibility index (Phi) is 4.35. The van der Waals surface area contributed by atoms with Gasteiger partial charge in [0.1, 0.15) is 0 Å². The molecule has 0 heterocycles. The van der Waals surface area contributed by atoms with Crippen LogP contribution in [0, 0.1) is 0 Å². The number of fused-ring (bicyclic) bond motifs is 1. The van der Waals surface area contributed by atoms with Crippen LogP contribution in [0.5, 0.6) is 0 Å². The van der Waals surface area contributed by atoms with Crippen molar-refractivity contribution in [1.82, 2.24) is 0 Å². The first kappa shape index (κ1) is 15.7. The van der Waals surface area contributed by atoms with E-state index in [0.717, 1.165) is 0 Å². The molecule has 25 heavy (non-hydrogen) atoms. The molecule has 4 rings (SSSR count). The Morgan fingerprint density at radius 1 is 0.520 bits per heavy atom. The van der Waals surface area contributed by atoms with E-state index < -0.39 is 0 Å². The predicted octanol–water partition coefficient (Wildman–Crippen LogP) is 6.78. The topological polar surface area (TPSA) is 0 Å². The molecule has 4 aromatic rings. The Morgan fingerprint density at radius 3 is 1.68 bits per heavy atom. The monoisotopic (exact) mass is 322 g/mol. The number of hydrogen-bond acceptors (Lipinski definition) is 0. The molecule has 0 saturated heterocycles. The van der Waals surface area contributed by atoms with Crippen molar-refractivity contribution in [3.8, 4) is 0 Å². The molecule has 0 N–H and O–H groups in total. The molecule has 0 fully saturated rings. The van der Waals surface area contributed by atoms with Crippen LogP contribution >= 0.6 is 0 Å². The van der Waals surface area contributed by atoms with Crippen LogP contribution in [-0.2, 0) is 0 Å². The van der Waals surface area contributed by atoms with E-state index in [0.29, 0.717) is 11.8 Å².